The van der Waals surface area contributed by atoms with E-state index in [2.05, 4.69) is 0 Å². The maximum Gasteiger partial charge on any atom is 0.303 e. The molecule has 1 saturated heterocycles. The summed E-state index contributed by atoms with van der Waals surface area (Å²) >= 11 is 0. The highest BCUT2D eigenvalue weighted by Crippen LogP contribution is 2.32. The topological polar surface area (TPSA) is 133 Å². The van der Waals surface area contributed by atoms with Crippen molar-refractivity contribution >= 4 is 23.9 Å². The van der Waals surface area contributed by atoms with Crippen LogP contribution in [0.2, 0.25) is 0 Å². The Morgan fingerprint density at radius 3 is 1.86 bits per heavy atom. The molecule has 2 aromatic rings. The van der Waals surface area contributed by atoms with E-state index in [1.165, 1.54) is 6.92 Å². The Balaban J connectivity index is 1.93. The third-order valence-corrected chi connectivity index (χ3v) is 4.98. The monoisotopic (exact) mass is 516 g/mol. The van der Waals surface area contributed by atoms with Gasteiger partial charge in [0, 0.05) is 33.8 Å². The molecule has 1 aliphatic heterocycles. The lowest BCUT2D eigenvalue weighted by molar-refractivity contribution is -0.288. The SMILES string of the molecule is CC(=O)OC[C@H]1O[C@@H](Oc2cccc(Oc3ccccc3)c2)[C@@H](OC(C)=O)[C@@H](OC(C)=O)[C@@H]1OC(C)=O. The van der Waals surface area contributed by atoms with Crippen LogP contribution in [0.1, 0.15) is 27.7 Å². The van der Waals surface area contributed by atoms with Crippen molar-refractivity contribution in [1.29, 1.82) is 0 Å². The molecule has 0 unspecified atom stereocenters. The Morgan fingerprint density at radius 1 is 0.676 bits per heavy atom. The van der Waals surface area contributed by atoms with Gasteiger partial charge in [-0.2, -0.15) is 0 Å². The van der Waals surface area contributed by atoms with Gasteiger partial charge >= 0.3 is 23.9 Å². The van der Waals surface area contributed by atoms with Gasteiger partial charge in [0.2, 0.25) is 12.4 Å². The Hall–Kier alpha value is -4.12. The summed E-state index contributed by atoms with van der Waals surface area (Å²) in [6.07, 6.45) is -6.38. The summed E-state index contributed by atoms with van der Waals surface area (Å²) in [7, 11) is 0. The zero-order valence-electron chi connectivity index (χ0n) is 20.8. The maximum absolute atomic E-state index is 12.0. The number of carbonyl (C=O) groups is 4. The van der Waals surface area contributed by atoms with Crippen molar-refractivity contribution in [2.24, 2.45) is 0 Å². The average Bonchev–Trinajstić information content (AvgIpc) is 2.81. The molecule has 0 N–H and O–H groups in total. The minimum Gasteiger partial charge on any atom is -0.463 e. The summed E-state index contributed by atoms with van der Waals surface area (Å²) in [5, 5.41) is 0. The number of hydrogen-bond acceptors (Lipinski definition) is 11. The van der Waals surface area contributed by atoms with Crippen molar-refractivity contribution in [3.63, 3.8) is 0 Å². The molecule has 1 aliphatic rings. The van der Waals surface area contributed by atoms with Crippen molar-refractivity contribution in [2.45, 2.75) is 58.4 Å². The first-order valence-electron chi connectivity index (χ1n) is 11.4. The highest BCUT2D eigenvalue weighted by Gasteiger charge is 2.53. The van der Waals surface area contributed by atoms with Crippen LogP contribution in [0.15, 0.2) is 54.6 Å². The minimum atomic E-state index is -1.34. The standard InChI is InChI=1S/C26H28O11/c1-15(27)31-14-22-23(32-16(2)28)24(33-17(3)29)25(34-18(4)30)26(37-22)36-21-12-8-11-20(13-21)35-19-9-6-5-7-10-19/h5-13,22-26H,14H2,1-4H3/t22-,23-,24+,25+,26-/m1/s1. The Bertz CT molecular complexity index is 1100. The van der Waals surface area contributed by atoms with Crippen LogP contribution >= 0.6 is 0 Å². The molecule has 0 aliphatic carbocycles. The van der Waals surface area contributed by atoms with Crippen molar-refractivity contribution < 1.29 is 52.3 Å². The van der Waals surface area contributed by atoms with Gasteiger partial charge in [-0.15, -0.1) is 0 Å². The van der Waals surface area contributed by atoms with E-state index in [0.29, 0.717) is 11.5 Å². The molecule has 0 radical (unpaired) electrons. The van der Waals surface area contributed by atoms with Gasteiger partial charge in [0.05, 0.1) is 0 Å². The third-order valence-electron chi connectivity index (χ3n) is 4.98. The Labute approximate surface area is 213 Å². The number of carbonyl (C=O) groups excluding carboxylic acids is 4. The van der Waals surface area contributed by atoms with E-state index >= 15 is 0 Å². The van der Waals surface area contributed by atoms with Crippen LogP contribution in [0.3, 0.4) is 0 Å². The number of benzene rings is 2. The van der Waals surface area contributed by atoms with E-state index in [0.717, 1.165) is 20.8 Å². The molecule has 5 atom stereocenters. The second-order valence-electron chi connectivity index (χ2n) is 8.08. The van der Waals surface area contributed by atoms with E-state index in [1.54, 1.807) is 36.4 Å². The molecule has 1 heterocycles. The van der Waals surface area contributed by atoms with E-state index in [1.807, 2.05) is 18.2 Å². The highest BCUT2D eigenvalue weighted by molar-refractivity contribution is 5.68. The fourth-order valence-corrected chi connectivity index (χ4v) is 3.65. The molecule has 2 aromatic carbocycles. The molecule has 0 saturated carbocycles. The van der Waals surface area contributed by atoms with Crippen LogP contribution in [-0.2, 0) is 42.9 Å². The van der Waals surface area contributed by atoms with Gasteiger partial charge in [0.1, 0.15) is 30.0 Å². The maximum atomic E-state index is 12.0. The molecular weight excluding hydrogens is 488 g/mol. The summed E-state index contributed by atoms with van der Waals surface area (Å²) < 4.78 is 39.0. The van der Waals surface area contributed by atoms with Gasteiger partial charge < -0.3 is 33.2 Å². The van der Waals surface area contributed by atoms with Gasteiger partial charge in [0.15, 0.2) is 12.2 Å². The summed E-state index contributed by atoms with van der Waals surface area (Å²) in [4.78, 5) is 47.2. The zero-order valence-corrected chi connectivity index (χ0v) is 20.8. The Morgan fingerprint density at radius 2 is 1.24 bits per heavy atom. The first-order valence-corrected chi connectivity index (χ1v) is 11.4. The van der Waals surface area contributed by atoms with Crippen molar-refractivity contribution in [3.05, 3.63) is 54.6 Å². The first-order chi connectivity index (χ1) is 17.6. The lowest BCUT2D eigenvalue weighted by Gasteiger charge is -2.43. The number of esters is 4. The lowest BCUT2D eigenvalue weighted by atomic mass is 9.98. The smallest absolute Gasteiger partial charge is 0.303 e. The van der Waals surface area contributed by atoms with E-state index < -0.39 is 54.6 Å². The van der Waals surface area contributed by atoms with E-state index in [9.17, 15) is 19.2 Å². The second kappa shape index (κ2) is 12.7. The number of para-hydroxylation sites is 1. The molecule has 0 amide bonds. The molecule has 0 aromatic heterocycles. The molecule has 198 valence electrons. The van der Waals surface area contributed by atoms with E-state index in [4.69, 9.17) is 33.2 Å². The molecular formula is C26H28O11. The van der Waals surface area contributed by atoms with Gasteiger partial charge in [-0.1, -0.05) is 24.3 Å². The summed E-state index contributed by atoms with van der Waals surface area (Å²) in [6.45, 7) is 4.29. The number of rotatable bonds is 9. The van der Waals surface area contributed by atoms with E-state index in [-0.39, 0.29) is 12.4 Å². The van der Waals surface area contributed by atoms with Crippen molar-refractivity contribution in [1.82, 2.24) is 0 Å². The molecule has 0 bridgehead atoms. The van der Waals surface area contributed by atoms with Gasteiger partial charge in [-0.3, -0.25) is 19.2 Å². The molecule has 0 spiro atoms. The Kier molecular flexibility index (Phi) is 9.45. The fourth-order valence-electron chi connectivity index (χ4n) is 3.65. The van der Waals surface area contributed by atoms with Crippen LogP contribution < -0.4 is 9.47 Å². The molecule has 37 heavy (non-hydrogen) atoms. The van der Waals surface area contributed by atoms with Crippen LogP contribution in [0, 0.1) is 0 Å². The van der Waals surface area contributed by atoms with Gasteiger partial charge in [-0.25, -0.2) is 0 Å². The number of hydrogen-bond donors (Lipinski definition) is 0. The highest BCUT2D eigenvalue weighted by atomic mass is 16.7. The first kappa shape index (κ1) is 27.5. The molecule has 11 nitrogen and oxygen atoms in total. The zero-order chi connectivity index (χ0) is 26.9. The molecule has 3 rings (SSSR count). The average molecular weight is 516 g/mol. The van der Waals surface area contributed by atoms with Crippen LogP contribution in [-0.4, -0.2) is 61.2 Å². The van der Waals surface area contributed by atoms with Gasteiger partial charge in [0.25, 0.3) is 0 Å². The normalized spacial score (nSPS) is 22.8. The lowest BCUT2D eigenvalue weighted by Crippen LogP contribution is -2.63. The minimum absolute atomic E-state index is 0.273. The second-order valence-corrected chi connectivity index (χ2v) is 8.08. The summed E-state index contributed by atoms with van der Waals surface area (Å²) in [6, 6.07) is 15.7. The van der Waals surface area contributed by atoms with Crippen LogP contribution in [0.5, 0.6) is 17.2 Å². The molecule has 1 fully saturated rings. The molecule has 11 heteroatoms. The van der Waals surface area contributed by atoms with Crippen molar-refractivity contribution in [2.75, 3.05) is 6.61 Å². The number of ether oxygens (including phenoxy) is 7. The largest absolute Gasteiger partial charge is 0.463 e. The fraction of sp³-hybridized carbons (Fsp3) is 0.385. The summed E-state index contributed by atoms with van der Waals surface area (Å²) in [5.74, 6) is -1.45. The van der Waals surface area contributed by atoms with Crippen LogP contribution in [0.4, 0.5) is 0 Å². The third kappa shape index (κ3) is 8.21. The van der Waals surface area contributed by atoms with Crippen molar-refractivity contribution in [3.8, 4) is 17.2 Å². The predicted molar refractivity (Wildman–Crippen MR) is 126 cm³/mol. The van der Waals surface area contributed by atoms with Gasteiger partial charge in [-0.05, 0) is 24.3 Å². The summed E-state index contributed by atoms with van der Waals surface area (Å²) in [5.41, 5.74) is 0. The quantitative estimate of drug-likeness (QED) is 0.360. The van der Waals surface area contributed by atoms with Crippen LogP contribution in [0.25, 0.3) is 0 Å². The predicted octanol–water partition coefficient (Wildman–Crippen LogP) is 2.94.